The van der Waals surface area contributed by atoms with E-state index in [0.29, 0.717) is 13.2 Å². The molecule has 2 heterocycles. The molecule has 0 radical (unpaired) electrons. The number of hydrogen-bond donors (Lipinski definition) is 1. The Morgan fingerprint density at radius 3 is 2.77 bits per heavy atom. The normalized spacial score (nSPS) is 16.4. The fourth-order valence-electron chi connectivity index (χ4n) is 4.30. The molecule has 1 aromatic carbocycles. The van der Waals surface area contributed by atoms with Gasteiger partial charge in [-0.1, -0.05) is 6.07 Å². The van der Waals surface area contributed by atoms with E-state index >= 15 is 0 Å². The van der Waals surface area contributed by atoms with Crippen molar-refractivity contribution in [2.24, 2.45) is 0 Å². The number of carbonyl (C=O) groups is 1. The number of hydrogen-bond acceptors (Lipinski definition) is 4. The molecule has 172 valence electrons. The summed E-state index contributed by atoms with van der Waals surface area (Å²) in [5.74, 6) is -0.729. The van der Waals surface area contributed by atoms with Gasteiger partial charge < -0.3 is 19.5 Å². The molecule has 0 bridgehead atoms. The predicted molar refractivity (Wildman–Crippen MR) is 124 cm³/mol. The molecule has 0 saturated carbocycles. The summed E-state index contributed by atoms with van der Waals surface area (Å²) in [5.41, 5.74) is -0.0388. The third-order valence-corrected chi connectivity index (χ3v) is 5.73. The van der Waals surface area contributed by atoms with Gasteiger partial charge in [0, 0.05) is 50.5 Å². The molecule has 3 rings (SSSR count). The van der Waals surface area contributed by atoms with Crippen molar-refractivity contribution in [3.05, 3.63) is 46.0 Å². The molecule has 0 unspecified atom stereocenters. The first-order chi connectivity index (χ1) is 14.5. The van der Waals surface area contributed by atoms with Gasteiger partial charge in [-0.3, -0.25) is 9.59 Å². The number of benzene rings is 1. The molecule has 1 saturated heterocycles. The molecule has 0 spiro atoms. The summed E-state index contributed by atoms with van der Waals surface area (Å²) in [6, 6.07) is 4.48. The lowest BCUT2D eigenvalue weighted by atomic mass is 10.0. The molecule has 2 aromatic rings. The fourth-order valence-corrected chi connectivity index (χ4v) is 4.30. The van der Waals surface area contributed by atoms with E-state index in [1.807, 2.05) is 18.7 Å². The van der Waals surface area contributed by atoms with Crippen molar-refractivity contribution in [2.75, 3.05) is 26.8 Å². The Labute approximate surface area is 189 Å². The van der Waals surface area contributed by atoms with Crippen LogP contribution in [-0.4, -0.2) is 54.3 Å². The molecule has 1 aromatic heterocycles. The van der Waals surface area contributed by atoms with Crippen LogP contribution in [0.5, 0.6) is 0 Å². The zero-order valence-electron chi connectivity index (χ0n) is 18.5. The number of carbonyl (C=O) groups excluding carboxylic acids is 1. The fraction of sp³-hybridized carbons (Fsp3) is 0.565. The molecule has 1 atom stereocenters. The van der Waals surface area contributed by atoms with Crippen LogP contribution < -0.4 is 10.7 Å². The topological polar surface area (TPSA) is 63.6 Å². The van der Waals surface area contributed by atoms with Crippen molar-refractivity contribution in [3.63, 3.8) is 0 Å². The summed E-state index contributed by atoms with van der Waals surface area (Å²) < 4.78 is 21.4. The summed E-state index contributed by atoms with van der Waals surface area (Å²) in [5, 5.41) is 3.59. The van der Waals surface area contributed by atoms with E-state index in [0.717, 1.165) is 38.8 Å². The average Bonchev–Trinajstić information content (AvgIpc) is 2.73. The summed E-state index contributed by atoms with van der Waals surface area (Å²) in [7, 11) is 1.64. The van der Waals surface area contributed by atoms with Crippen molar-refractivity contribution in [1.82, 2.24) is 14.8 Å². The number of methoxy groups -OCH3 is 1. The van der Waals surface area contributed by atoms with Gasteiger partial charge in [-0.2, -0.15) is 0 Å². The highest BCUT2D eigenvalue weighted by atomic mass is 35.5. The molecule has 6 nitrogen and oxygen atoms in total. The minimum absolute atomic E-state index is 0. The van der Waals surface area contributed by atoms with Crippen molar-refractivity contribution in [3.8, 4) is 0 Å². The van der Waals surface area contributed by atoms with Crippen LogP contribution in [0.3, 0.4) is 0 Å². The highest BCUT2D eigenvalue weighted by Crippen LogP contribution is 2.20. The van der Waals surface area contributed by atoms with Crippen LogP contribution in [0, 0.1) is 5.82 Å². The monoisotopic (exact) mass is 453 g/mol. The molecular formula is C23H33ClFN3O3. The number of unbranched alkanes of at least 4 members (excludes halogenated alkanes) is 1. The number of aromatic nitrogens is 1. The number of piperidine rings is 1. The van der Waals surface area contributed by atoms with Crippen molar-refractivity contribution in [1.29, 1.82) is 0 Å². The van der Waals surface area contributed by atoms with Crippen LogP contribution in [0.1, 0.15) is 49.9 Å². The Morgan fingerprint density at radius 1 is 1.35 bits per heavy atom. The second kappa shape index (κ2) is 11.6. The van der Waals surface area contributed by atoms with Gasteiger partial charge in [-0.25, -0.2) is 4.39 Å². The molecule has 1 aliphatic rings. The van der Waals surface area contributed by atoms with E-state index in [2.05, 4.69) is 5.32 Å². The van der Waals surface area contributed by atoms with Crippen LogP contribution in [0.15, 0.2) is 29.2 Å². The third kappa shape index (κ3) is 5.64. The Morgan fingerprint density at radius 2 is 2.13 bits per heavy atom. The standard InChI is InChI=1S/C23H32FN3O3.ClH/c1-16(2)27(17-8-7-11-25-14-17)23(29)19-15-26(12-4-5-13-30-3)21-18(22(19)28)9-6-10-20(21)24;/h6,9-10,15-17,25H,4-5,7-8,11-14H2,1-3H3;1H/t17-;/m1./s1. The van der Waals surface area contributed by atoms with E-state index in [1.54, 1.807) is 23.9 Å². The van der Waals surface area contributed by atoms with E-state index < -0.39 is 11.2 Å². The van der Waals surface area contributed by atoms with Gasteiger partial charge in [-0.05, 0) is 58.2 Å². The number of nitrogens with one attached hydrogen (secondary N) is 1. The minimum atomic E-state index is -0.451. The van der Waals surface area contributed by atoms with Crippen molar-refractivity contribution < 1.29 is 13.9 Å². The van der Waals surface area contributed by atoms with Crippen LogP contribution in [0.25, 0.3) is 10.9 Å². The van der Waals surface area contributed by atoms with Crippen LogP contribution in [0.4, 0.5) is 4.39 Å². The summed E-state index contributed by atoms with van der Waals surface area (Å²) in [4.78, 5) is 28.5. The Kier molecular flexibility index (Phi) is 9.47. The summed E-state index contributed by atoms with van der Waals surface area (Å²) >= 11 is 0. The van der Waals surface area contributed by atoms with Gasteiger partial charge in [0.25, 0.3) is 5.91 Å². The Hall–Kier alpha value is -1.96. The molecule has 1 fully saturated rings. The SMILES string of the molecule is COCCCCn1cc(C(=O)N(C(C)C)[C@@H]2CCCNC2)c(=O)c2cccc(F)c21.Cl. The van der Waals surface area contributed by atoms with Crippen molar-refractivity contribution >= 4 is 29.2 Å². The molecule has 8 heteroatoms. The number of halogens is 2. The van der Waals surface area contributed by atoms with Gasteiger partial charge in [0.2, 0.25) is 5.43 Å². The Balaban J connectivity index is 0.00000341. The molecular weight excluding hydrogens is 421 g/mol. The first kappa shape index (κ1) is 25.3. The number of amides is 1. The molecule has 1 N–H and O–H groups in total. The smallest absolute Gasteiger partial charge is 0.259 e. The number of pyridine rings is 1. The van der Waals surface area contributed by atoms with Crippen molar-refractivity contribution in [2.45, 2.75) is 58.2 Å². The number of nitrogens with zero attached hydrogens (tertiary/aromatic N) is 2. The maximum atomic E-state index is 14.6. The van der Waals surface area contributed by atoms with Crippen LogP contribution in [-0.2, 0) is 11.3 Å². The largest absolute Gasteiger partial charge is 0.385 e. The van der Waals surface area contributed by atoms with Gasteiger partial charge in [0.15, 0.2) is 0 Å². The minimum Gasteiger partial charge on any atom is -0.385 e. The maximum absolute atomic E-state index is 14.6. The second-order valence-electron chi connectivity index (χ2n) is 8.21. The highest BCUT2D eigenvalue weighted by molar-refractivity contribution is 5.97. The van der Waals surface area contributed by atoms with E-state index in [1.165, 1.54) is 12.1 Å². The van der Waals surface area contributed by atoms with E-state index in [9.17, 15) is 14.0 Å². The first-order valence-electron chi connectivity index (χ1n) is 10.8. The lowest BCUT2D eigenvalue weighted by Crippen LogP contribution is -2.52. The summed E-state index contributed by atoms with van der Waals surface area (Å²) in [6.45, 7) is 6.72. The molecule has 0 aliphatic carbocycles. The highest BCUT2D eigenvalue weighted by Gasteiger charge is 2.30. The molecule has 1 aliphatic heterocycles. The van der Waals surface area contributed by atoms with E-state index in [4.69, 9.17) is 4.74 Å². The summed E-state index contributed by atoms with van der Waals surface area (Å²) in [6.07, 6.45) is 5.02. The van der Waals surface area contributed by atoms with Gasteiger partial charge >= 0.3 is 0 Å². The number of aryl methyl sites for hydroxylation is 1. The van der Waals surface area contributed by atoms with Crippen LogP contribution in [0.2, 0.25) is 0 Å². The zero-order valence-corrected chi connectivity index (χ0v) is 19.3. The number of fused-ring (bicyclic) bond motifs is 1. The lowest BCUT2D eigenvalue weighted by molar-refractivity contribution is 0.0571. The molecule has 1 amide bonds. The zero-order chi connectivity index (χ0) is 21.7. The quantitative estimate of drug-likeness (QED) is 0.620. The number of rotatable bonds is 8. The van der Waals surface area contributed by atoms with Gasteiger partial charge in [0.1, 0.15) is 11.4 Å². The van der Waals surface area contributed by atoms with Gasteiger partial charge in [0.05, 0.1) is 5.52 Å². The van der Waals surface area contributed by atoms with Gasteiger partial charge in [-0.15, -0.1) is 12.4 Å². The lowest BCUT2D eigenvalue weighted by Gasteiger charge is -2.37. The molecule has 31 heavy (non-hydrogen) atoms. The predicted octanol–water partition coefficient (Wildman–Crippen LogP) is 3.59. The average molecular weight is 454 g/mol. The van der Waals surface area contributed by atoms with Crippen LogP contribution >= 0.6 is 12.4 Å². The number of ether oxygens (including phenoxy) is 1. The third-order valence-electron chi connectivity index (χ3n) is 5.73. The first-order valence-corrected chi connectivity index (χ1v) is 10.8. The maximum Gasteiger partial charge on any atom is 0.259 e. The second-order valence-corrected chi connectivity index (χ2v) is 8.21. The number of para-hydroxylation sites is 1. The Bertz CT molecular complexity index is 942. The van der Waals surface area contributed by atoms with E-state index in [-0.39, 0.29) is 46.9 Å².